The number of halogens is 1. The zero-order chi connectivity index (χ0) is 26.3. The number of cyclic esters (lactones) is 1. The Morgan fingerprint density at radius 2 is 1.92 bits per heavy atom. The van der Waals surface area contributed by atoms with Crippen molar-refractivity contribution < 1.29 is 19.4 Å². The third-order valence-electron chi connectivity index (χ3n) is 8.02. The third kappa shape index (κ3) is 4.96. The second-order valence-corrected chi connectivity index (χ2v) is 11.0. The van der Waals surface area contributed by atoms with Gasteiger partial charge in [0.1, 0.15) is 17.3 Å². The van der Waals surface area contributed by atoms with E-state index in [4.69, 9.17) is 16.3 Å². The van der Waals surface area contributed by atoms with Gasteiger partial charge in [-0.05, 0) is 75.1 Å². The predicted octanol–water partition coefficient (Wildman–Crippen LogP) is 4.90. The third-order valence-corrected chi connectivity index (χ3v) is 8.31. The molecule has 9 heteroatoms. The van der Waals surface area contributed by atoms with Crippen LogP contribution in [0.3, 0.4) is 0 Å². The van der Waals surface area contributed by atoms with Crippen LogP contribution in [0.25, 0.3) is 5.78 Å². The van der Waals surface area contributed by atoms with Gasteiger partial charge in [0.15, 0.2) is 11.6 Å². The van der Waals surface area contributed by atoms with Gasteiger partial charge in [-0.1, -0.05) is 37.4 Å². The molecule has 3 heterocycles. The van der Waals surface area contributed by atoms with Crippen LogP contribution in [0.2, 0.25) is 5.02 Å². The Bertz CT molecular complexity index is 1340. The van der Waals surface area contributed by atoms with Crippen molar-refractivity contribution in [2.24, 2.45) is 11.8 Å². The summed E-state index contributed by atoms with van der Waals surface area (Å²) in [6.07, 6.45) is 6.15. The first-order valence-corrected chi connectivity index (χ1v) is 13.5. The highest BCUT2D eigenvalue weighted by atomic mass is 35.5. The summed E-state index contributed by atoms with van der Waals surface area (Å²) in [5.41, 5.74) is 2.65. The normalized spacial score (nSPS) is 22.6. The number of aryl methyl sites for hydroxylation is 4. The number of phenols is 1. The summed E-state index contributed by atoms with van der Waals surface area (Å²) >= 11 is 6.26. The quantitative estimate of drug-likeness (QED) is 0.346. The summed E-state index contributed by atoms with van der Waals surface area (Å²) in [5.74, 6) is -0.367. The van der Waals surface area contributed by atoms with Crippen molar-refractivity contribution in [2.45, 2.75) is 84.2 Å². The van der Waals surface area contributed by atoms with Gasteiger partial charge >= 0.3 is 5.97 Å². The van der Waals surface area contributed by atoms with Gasteiger partial charge in [-0.15, -0.1) is 5.10 Å². The standard InChI is InChI=1S/C28H33ClN4O4/c1-4-19-12-18(13-22(29)25(19)35)9-10-28(20-7-5-6-8-20)15-23(34)21(26(36)37-28)14-24-31-27-30-16(2)11-17(3)33(27)32-24/h11-13,20-21,35H,4-10,14-15H2,1-3H3. The second-order valence-electron chi connectivity index (χ2n) is 10.6. The predicted molar refractivity (Wildman–Crippen MR) is 139 cm³/mol. The van der Waals surface area contributed by atoms with E-state index in [2.05, 4.69) is 15.1 Å². The molecule has 0 radical (unpaired) electrons. The molecule has 8 nitrogen and oxygen atoms in total. The van der Waals surface area contributed by atoms with E-state index < -0.39 is 17.5 Å². The summed E-state index contributed by atoms with van der Waals surface area (Å²) in [6, 6.07) is 5.62. The molecule has 1 aromatic carbocycles. The second kappa shape index (κ2) is 10.0. The maximum Gasteiger partial charge on any atom is 0.317 e. The number of nitrogens with zero attached hydrogens (tertiary/aromatic N) is 4. The molecule has 2 aromatic heterocycles. The highest BCUT2D eigenvalue weighted by Crippen LogP contribution is 2.45. The zero-order valence-electron chi connectivity index (χ0n) is 21.6. The molecule has 3 aromatic rings. The molecule has 2 unspecified atom stereocenters. The average molecular weight is 525 g/mol. The summed E-state index contributed by atoms with van der Waals surface area (Å²) < 4.78 is 7.88. The summed E-state index contributed by atoms with van der Waals surface area (Å²) in [4.78, 5) is 35.7. The van der Waals surface area contributed by atoms with Crippen molar-refractivity contribution >= 4 is 29.1 Å². The lowest BCUT2D eigenvalue weighted by atomic mass is 9.73. The molecule has 1 aliphatic carbocycles. The number of hydrogen-bond donors (Lipinski definition) is 1. The van der Waals surface area contributed by atoms with Crippen LogP contribution in [0, 0.1) is 25.7 Å². The Balaban J connectivity index is 1.37. The number of aromatic nitrogens is 4. The van der Waals surface area contributed by atoms with Crippen LogP contribution >= 0.6 is 11.6 Å². The van der Waals surface area contributed by atoms with Gasteiger partial charge in [0.05, 0.1) is 5.02 Å². The Labute approximate surface area is 221 Å². The fourth-order valence-electron chi connectivity index (χ4n) is 6.04. The molecular formula is C28H33ClN4O4. The minimum Gasteiger partial charge on any atom is -0.506 e. The van der Waals surface area contributed by atoms with Gasteiger partial charge in [-0.3, -0.25) is 9.59 Å². The highest BCUT2D eigenvalue weighted by molar-refractivity contribution is 6.32. The van der Waals surface area contributed by atoms with Crippen LogP contribution in [-0.2, 0) is 33.6 Å². The Morgan fingerprint density at radius 3 is 2.62 bits per heavy atom. The summed E-state index contributed by atoms with van der Waals surface area (Å²) in [5, 5.41) is 15.0. The topological polar surface area (TPSA) is 107 Å². The van der Waals surface area contributed by atoms with Crippen LogP contribution in [0.1, 0.15) is 73.8 Å². The Morgan fingerprint density at radius 1 is 1.16 bits per heavy atom. The van der Waals surface area contributed by atoms with Crippen LogP contribution in [0.4, 0.5) is 0 Å². The van der Waals surface area contributed by atoms with Gasteiger partial charge in [-0.25, -0.2) is 9.50 Å². The first-order chi connectivity index (χ1) is 17.7. The smallest absolute Gasteiger partial charge is 0.317 e. The molecule has 2 atom stereocenters. The van der Waals surface area contributed by atoms with E-state index >= 15 is 0 Å². The van der Waals surface area contributed by atoms with Gasteiger partial charge < -0.3 is 9.84 Å². The maximum atomic E-state index is 13.5. The van der Waals surface area contributed by atoms with E-state index in [-0.39, 0.29) is 30.3 Å². The number of carbonyl (C=O) groups excluding carboxylic acids is 2. The molecule has 0 bridgehead atoms. The van der Waals surface area contributed by atoms with Gasteiger partial charge in [0.2, 0.25) is 0 Å². The number of phenolic OH excluding ortho intramolecular Hbond substituents is 1. The van der Waals surface area contributed by atoms with E-state index in [1.807, 2.05) is 32.9 Å². The van der Waals surface area contributed by atoms with Crippen molar-refractivity contribution in [2.75, 3.05) is 0 Å². The molecule has 37 heavy (non-hydrogen) atoms. The summed E-state index contributed by atoms with van der Waals surface area (Å²) in [7, 11) is 0. The fraction of sp³-hybridized carbons (Fsp3) is 0.536. The SMILES string of the molecule is CCc1cc(CCC2(C3CCCC3)CC(=O)C(Cc3nc4nc(C)cc(C)n4n3)C(=O)O2)cc(Cl)c1O. The van der Waals surface area contributed by atoms with E-state index in [9.17, 15) is 14.7 Å². The van der Waals surface area contributed by atoms with E-state index in [0.717, 1.165) is 48.2 Å². The van der Waals surface area contributed by atoms with Crippen molar-refractivity contribution in [3.05, 3.63) is 51.6 Å². The first kappa shape index (κ1) is 25.6. The highest BCUT2D eigenvalue weighted by Gasteiger charge is 2.51. The first-order valence-electron chi connectivity index (χ1n) is 13.1. The molecule has 1 saturated carbocycles. The minimum atomic E-state index is -0.914. The fourth-order valence-corrected chi connectivity index (χ4v) is 6.30. The maximum absolute atomic E-state index is 13.5. The molecule has 5 rings (SSSR count). The molecule has 1 N–H and O–H groups in total. The number of ketones is 1. The number of rotatable bonds is 7. The van der Waals surface area contributed by atoms with Crippen molar-refractivity contribution in [1.82, 2.24) is 19.6 Å². The molecule has 0 amide bonds. The Kier molecular flexibility index (Phi) is 6.96. The zero-order valence-corrected chi connectivity index (χ0v) is 22.3. The number of aromatic hydroxyl groups is 1. The number of benzene rings is 1. The Hall–Kier alpha value is -3.00. The number of fused-ring (bicyclic) bond motifs is 1. The molecule has 0 spiro atoms. The monoisotopic (exact) mass is 524 g/mol. The van der Waals surface area contributed by atoms with Crippen LogP contribution in [0.5, 0.6) is 5.75 Å². The number of Topliss-reactive ketones (excluding diaryl/α,β-unsaturated/α-hetero) is 1. The molecule has 196 valence electrons. The van der Waals surface area contributed by atoms with Gasteiger partial charge in [0, 0.05) is 24.2 Å². The number of hydrogen-bond acceptors (Lipinski definition) is 7. The lowest BCUT2D eigenvalue weighted by molar-refractivity contribution is -0.185. The largest absolute Gasteiger partial charge is 0.506 e. The van der Waals surface area contributed by atoms with Crippen LogP contribution in [0.15, 0.2) is 18.2 Å². The lowest BCUT2D eigenvalue weighted by Crippen LogP contribution is -2.52. The number of carbonyl (C=O) groups is 2. The van der Waals surface area contributed by atoms with Gasteiger partial charge in [0.25, 0.3) is 5.78 Å². The van der Waals surface area contributed by atoms with Crippen molar-refractivity contribution in [3.63, 3.8) is 0 Å². The average Bonchev–Trinajstić information content (AvgIpc) is 3.53. The van der Waals surface area contributed by atoms with E-state index in [1.165, 1.54) is 0 Å². The molecule has 1 saturated heterocycles. The molecular weight excluding hydrogens is 492 g/mol. The molecule has 2 fully saturated rings. The van der Waals surface area contributed by atoms with Crippen LogP contribution < -0.4 is 0 Å². The molecule has 1 aliphatic heterocycles. The van der Waals surface area contributed by atoms with Crippen molar-refractivity contribution in [1.29, 1.82) is 0 Å². The summed E-state index contributed by atoms with van der Waals surface area (Å²) in [6.45, 7) is 5.77. The number of esters is 1. The van der Waals surface area contributed by atoms with Crippen LogP contribution in [-0.4, -0.2) is 42.0 Å². The van der Waals surface area contributed by atoms with E-state index in [0.29, 0.717) is 35.9 Å². The molecule has 2 aliphatic rings. The van der Waals surface area contributed by atoms with Crippen molar-refractivity contribution in [3.8, 4) is 5.75 Å². The number of ether oxygens (including phenoxy) is 1. The van der Waals surface area contributed by atoms with Gasteiger partial charge in [-0.2, -0.15) is 4.98 Å². The lowest BCUT2D eigenvalue weighted by Gasteiger charge is -2.43. The minimum absolute atomic E-state index is 0.105. The van der Waals surface area contributed by atoms with E-state index in [1.54, 1.807) is 10.6 Å².